The summed E-state index contributed by atoms with van der Waals surface area (Å²) in [5, 5.41) is 0. The zero-order valence-electron chi connectivity index (χ0n) is 16.6. The molecule has 0 bridgehead atoms. The summed E-state index contributed by atoms with van der Waals surface area (Å²) < 4.78 is 7.06. The minimum absolute atomic E-state index is 0.0536. The highest BCUT2D eigenvalue weighted by molar-refractivity contribution is 5.96. The molecule has 27 heavy (non-hydrogen) atoms. The number of amides is 1. The summed E-state index contributed by atoms with van der Waals surface area (Å²) in [6.07, 6.45) is 1.33. The first-order chi connectivity index (χ1) is 12.9. The molecule has 2 heterocycles. The molecule has 1 fully saturated rings. The Labute approximate surface area is 160 Å². The Kier molecular flexibility index (Phi) is 5.68. The lowest BCUT2D eigenvalue weighted by Crippen LogP contribution is -2.40. The molecule has 0 saturated carbocycles. The molecule has 1 aliphatic heterocycles. The molecule has 1 unspecified atom stereocenters. The number of likely N-dealkylation sites (tertiary alicyclic amines) is 1. The molecule has 5 nitrogen and oxygen atoms in total. The van der Waals surface area contributed by atoms with Gasteiger partial charge in [-0.2, -0.15) is 0 Å². The van der Waals surface area contributed by atoms with Crippen LogP contribution in [0.5, 0.6) is 0 Å². The van der Waals surface area contributed by atoms with E-state index in [1.54, 1.807) is 0 Å². The molecular weight excluding hydrogens is 340 g/mol. The fourth-order valence-corrected chi connectivity index (χ4v) is 4.13. The van der Waals surface area contributed by atoms with Crippen LogP contribution < -0.4 is 0 Å². The van der Waals surface area contributed by atoms with Crippen molar-refractivity contribution in [3.05, 3.63) is 58.9 Å². The average molecular weight is 368 g/mol. The molecular formula is C22H28N2O3. The van der Waals surface area contributed by atoms with Crippen molar-refractivity contribution in [2.24, 2.45) is 5.92 Å². The predicted molar refractivity (Wildman–Crippen MR) is 105 cm³/mol. The highest BCUT2D eigenvalue weighted by Crippen LogP contribution is 2.27. The van der Waals surface area contributed by atoms with Crippen LogP contribution in [0.4, 0.5) is 0 Å². The van der Waals surface area contributed by atoms with Crippen LogP contribution >= 0.6 is 0 Å². The Morgan fingerprint density at radius 3 is 2.33 bits per heavy atom. The van der Waals surface area contributed by atoms with E-state index in [9.17, 15) is 9.59 Å². The minimum Gasteiger partial charge on any atom is -0.469 e. The number of ether oxygens (including phenoxy) is 1. The summed E-state index contributed by atoms with van der Waals surface area (Å²) >= 11 is 0. The van der Waals surface area contributed by atoms with Gasteiger partial charge in [0.25, 0.3) is 5.91 Å². The highest BCUT2D eigenvalue weighted by Gasteiger charge is 2.30. The van der Waals surface area contributed by atoms with Gasteiger partial charge in [0.05, 0.1) is 24.6 Å². The first-order valence-electron chi connectivity index (χ1n) is 9.54. The smallest absolute Gasteiger partial charge is 0.308 e. The monoisotopic (exact) mass is 368 g/mol. The second kappa shape index (κ2) is 7.99. The number of aryl methyl sites for hydroxylation is 1. The first kappa shape index (κ1) is 19.2. The van der Waals surface area contributed by atoms with Crippen molar-refractivity contribution in [1.29, 1.82) is 0 Å². The Balaban J connectivity index is 1.78. The number of hydrogen-bond acceptors (Lipinski definition) is 3. The first-order valence-corrected chi connectivity index (χ1v) is 9.54. The molecule has 1 aromatic heterocycles. The number of aromatic nitrogens is 1. The van der Waals surface area contributed by atoms with Gasteiger partial charge in [-0.15, -0.1) is 0 Å². The van der Waals surface area contributed by atoms with Crippen molar-refractivity contribution in [3.63, 3.8) is 0 Å². The number of hydrogen-bond donors (Lipinski definition) is 0. The van der Waals surface area contributed by atoms with Gasteiger partial charge in [-0.3, -0.25) is 9.59 Å². The predicted octanol–water partition coefficient (Wildman–Crippen LogP) is 3.74. The SMILES string of the molecule is COC(=O)C1CCN(C(=O)c2cc(C)n(C(C)c3ccccc3)c2C)CC1. The maximum absolute atomic E-state index is 13.1. The molecule has 0 N–H and O–H groups in total. The van der Waals surface area contributed by atoms with Crippen LogP contribution in [0.3, 0.4) is 0 Å². The lowest BCUT2D eigenvalue weighted by Gasteiger charge is -2.30. The fourth-order valence-electron chi connectivity index (χ4n) is 4.13. The summed E-state index contributed by atoms with van der Waals surface area (Å²) in [7, 11) is 1.42. The van der Waals surface area contributed by atoms with Crippen LogP contribution in [0.1, 0.15) is 53.1 Å². The van der Waals surface area contributed by atoms with Crippen molar-refractivity contribution < 1.29 is 14.3 Å². The Morgan fingerprint density at radius 1 is 1.11 bits per heavy atom. The van der Waals surface area contributed by atoms with Gasteiger partial charge in [0, 0.05) is 24.5 Å². The van der Waals surface area contributed by atoms with Gasteiger partial charge in [-0.25, -0.2) is 0 Å². The van der Waals surface area contributed by atoms with E-state index in [0.29, 0.717) is 25.9 Å². The summed E-state index contributed by atoms with van der Waals surface area (Å²) in [6.45, 7) is 7.41. The molecule has 1 aliphatic rings. The van der Waals surface area contributed by atoms with Crippen LogP contribution in [-0.4, -0.2) is 41.5 Å². The van der Waals surface area contributed by atoms with E-state index >= 15 is 0 Å². The maximum atomic E-state index is 13.1. The third kappa shape index (κ3) is 3.77. The normalized spacial score (nSPS) is 16.2. The third-order valence-electron chi connectivity index (χ3n) is 5.70. The number of methoxy groups -OCH3 is 1. The standard InChI is InChI=1S/C22H28N2O3/c1-15-14-20(17(3)24(15)16(2)18-8-6-5-7-9-18)21(25)23-12-10-19(11-13-23)22(26)27-4/h5-9,14,16,19H,10-13H2,1-4H3. The number of nitrogens with zero attached hydrogens (tertiary/aromatic N) is 2. The molecule has 5 heteroatoms. The number of rotatable bonds is 4. The van der Waals surface area contributed by atoms with Crippen LogP contribution in [-0.2, 0) is 9.53 Å². The summed E-state index contributed by atoms with van der Waals surface area (Å²) in [5.41, 5.74) is 4.05. The molecule has 2 aromatic rings. The summed E-state index contributed by atoms with van der Waals surface area (Å²) in [5.74, 6) is -0.209. The third-order valence-corrected chi connectivity index (χ3v) is 5.70. The lowest BCUT2D eigenvalue weighted by molar-refractivity contribution is -0.146. The minimum atomic E-state index is -0.169. The molecule has 0 radical (unpaired) electrons. The maximum Gasteiger partial charge on any atom is 0.308 e. The van der Waals surface area contributed by atoms with Gasteiger partial charge >= 0.3 is 5.97 Å². The highest BCUT2D eigenvalue weighted by atomic mass is 16.5. The van der Waals surface area contributed by atoms with Crippen molar-refractivity contribution in [2.75, 3.05) is 20.2 Å². The molecule has 1 aromatic carbocycles. The molecule has 144 valence electrons. The van der Waals surface area contributed by atoms with Gasteiger partial charge < -0.3 is 14.2 Å². The second-order valence-corrected chi connectivity index (χ2v) is 7.33. The van der Waals surface area contributed by atoms with Crippen molar-refractivity contribution >= 4 is 11.9 Å². The van der Waals surface area contributed by atoms with E-state index < -0.39 is 0 Å². The van der Waals surface area contributed by atoms with Crippen LogP contribution in [0.25, 0.3) is 0 Å². The Bertz CT molecular complexity index is 818. The molecule has 1 saturated heterocycles. The van der Waals surface area contributed by atoms with Gasteiger partial charge in [0.15, 0.2) is 0 Å². The van der Waals surface area contributed by atoms with Gasteiger partial charge in [-0.1, -0.05) is 30.3 Å². The summed E-state index contributed by atoms with van der Waals surface area (Å²) in [4.78, 5) is 26.6. The average Bonchev–Trinajstić information content (AvgIpc) is 3.01. The zero-order chi connectivity index (χ0) is 19.6. The van der Waals surface area contributed by atoms with Gasteiger partial charge in [0.1, 0.15) is 0 Å². The quantitative estimate of drug-likeness (QED) is 0.773. The molecule has 3 rings (SSSR count). The lowest BCUT2D eigenvalue weighted by atomic mass is 9.96. The van der Waals surface area contributed by atoms with E-state index in [-0.39, 0.29) is 23.8 Å². The zero-order valence-corrected chi connectivity index (χ0v) is 16.6. The van der Waals surface area contributed by atoms with E-state index in [2.05, 4.69) is 23.6 Å². The van der Waals surface area contributed by atoms with E-state index in [1.807, 2.05) is 43.0 Å². The van der Waals surface area contributed by atoms with Crippen LogP contribution in [0.2, 0.25) is 0 Å². The van der Waals surface area contributed by atoms with Crippen LogP contribution in [0, 0.1) is 19.8 Å². The largest absolute Gasteiger partial charge is 0.469 e. The summed E-state index contributed by atoms with van der Waals surface area (Å²) in [6, 6.07) is 12.5. The Morgan fingerprint density at radius 2 is 1.74 bits per heavy atom. The molecule has 1 amide bonds. The van der Waals surface area contributed by atoms with Crippen molar-refractivity contribution in [3.8, 4) is 0 Å². The Hall–Kier alpha value is -2.56. The van der Waals surface area contributed by atoms with Crippen molar-refractivity contribution in [1.82, 2.24) is 9.47 Å². The molecule has 1 atom stereocenters. The van der Waals surface area contributed by atoms with E-state index in [0.717, 1.165) is 17.0 Å². The number of carbonyl (C=O) groups excluding carboxylic acids is 2. The van der Waals surface area contributed by atoms with E-state index in [4.69, 9.17) is 4.74 Å². The molecule has 0 aliphatic carbocycles. The van der Waals surface area contributed by atoms with Gasteiger partial charge in [-0.05, 0) is 45.2 Å². The number of esters is 1. The van der Waals surface area contributed by atoms with E-state index in [1.165, 1.54) is 12.7 Å². The van der Waals surface area contributed by atoms with Crippen LogP contribution in [0.15, 0.2) is 36.4 Å². The van der Waals surface area contributed by atoms with Crippen molar-refractivity contribution in [2.45, 2.75) is 39.7 Å². The topological polar surface area (TPSA) is 51.5 Å². The second-order valence-electron chi connectivity index (χ2n) is 7.33. The molecule has 0 spiro atoms. The number of piperidine rings is 1. The number of carbonyl (C=O) groups is 2. The number of benzene rings is 1. The van der Waals surface area contributed by atoms with Gasteiger partial charge in [0.2, 0.25) is 0 Å². The fraction of sp³-hybridized carbons (Fsp3) is 0.455.